The molecule has 0 radical (unpaired) electrons. The number of hydrogen-bond acceptors (Lipinski definition) is 3. The summed E-state index contributed by atoms with van der Waals surface area (Å²) in [7, 11) is 0. The van der Waals surface area contributed by atoms with Gasteiger partial charge in [-0.2, -0.15) is 5.10 Å². The molecule has 15 heavy (non-hydrogen) atoms. The van der Waals surface area contributed by atoms with Gasteiger partial charge < -0.3 is 5.32 Å². The van der Waals surface area contributed by atoms with Crippen LogP contribution in [0.3, 0.4) is 0 Å². The Morgan fingerprint density at radius 2 is 2.13 bits per heavy atom. The van der Waals surface area contributed by atoms with Gasteiger partial charge in [0.05, 0.1) is 0 Å². The normalized spacial score (nSPS) is 10.3. The third-order valence-corrected chi connectivity index (χ3v) is 2.23. The highest BCUT2D eigenvalue weighted by atomic mass is 16.2. The van der Waals surface area contributed by atoms with E-state index in [-0.39, 0.29) is 23.2 Å². The first-order chi connectivity index (χ1) is 7.17. The van der Waals surface area contributed by atoms with Crippen LogP contribution in [0.5, 0.6) is 0 Å². The molecule has 0 aliphatic heterocycles. The summed E-state index contributed by atoms with van der Waals surface area (Å²) in [5.74, 6) is -0.250. The molecule has 0 saturated carbocycles. The first-order valence-corrected chi connectivity index (χ1v) is 5.04. The number of nitrogens with zero attached hydrogens (tertiary/aromatic N) is 1. The number of hydrogen-bond donors (Lipinski definition) is 2. The van der Waals surface area contributed by atoms with Gasteiger partial charge in [0, 0.05) is 12.1 Å². The average Bonchev–Trinajstić information content (AvgIpc) is 2.26. The van der Waals surface area contributed by atoms with Crippen molar-refractivity contribution >= 4 is 5.91 Å². The van der Waals surface area contributed by atoms with E-state index in [0.29, 0.717) is 0 Å². The average molecular weight is 209 g/mol. The zero-order chi connectivity index (χ0) is 11.3. The lowest BCUT2D eigenvalue weighted by Gasteiger charge is -2.13. The van der Waals surface area contributed by atoms with Crippen LogP contribution in [0, 0.1) is 0 Å². The van der Waals surface area contributed by atoms with Gasteiger partial charge in [0.2, 0.25) is 0 Å². The van der Waals surface area contributed by atoms with Crippen LogP contribution < -0.4 is 10.9 Å². The van der Waals surface area contributed by atoms with Crippen LogP contribution in [-0.2, 0) is 0 Å². The van der Waals surface area contributed by atoms with E-state index in [1.165, 1.54) is 12.1 Å². The van der Waals surface area contributed by atoms with Gasteiger partial charge in [-0.25, -0.2) is 5.10 Å². The van der Waals surface area contributed by atoms with Crippen molar-refractivity contribution in [1.29, 1.82) is 0 Å². The van der Waals surface area contributed by atoms with Crippen molar-refractivity contribution in [2.75, 3.05) is 0 Å². The maximum atomic E-state index is 11.6. The highest BCUT2D eigenvalue weighted by Gasteiger charge is 2.11. The van der Waals surface area contributed by atoms with Crippen molar-refractivity contribution in [3.8, 4) is 0 Å². The number of H-pyrrole nitrogens is 1. The Hall–Kier alpha value is -1.65. The van der Waals surface area contributed by atoms with Gasteiger partial charge >= 0.3 is 0 Å². The fourth-order valence-corrected chi connectivity index (χ4v) is 1.22. The molecule has 0 saturated heterocycles. The minimum atomic E-state index is -0.311. The lowest BCUT2D eigenvalue weighted by atomic mass is 10.1. The fraction of sp³-hybridized carbons (Fsp3) is 0.500. The van der Waals surface area contributed by atoms with E-state index < -0.39 is 0 Å². The molecule has 0 bridgehead atoms. The number of carbonyl (C=O) groups excluding carboxylic acids is 1. The van der Waals surface area contributed by atoms with Gasteiger partial charge in [-0.05, 0) is 18.9 Å². The van der Waals surface area contributed by atoms with Crippen molar-refractivity contribution in [2.45, 2.75) is 32.7 Å². The van der Waals surface area contributed by atoms with Crippen LogP contribution >= 0.6 is 0 Å². The molecule has 5 heteroatoms. The van der Waals surface area contributed by atoms with Crippen LogP contribution in [0.1, 0.15) is 37.2 Å². The molecule has 1 amide bonds. The molecule has 0 spiro atoms. The Labute approximate surface area is 87.9 Å². The van der Waals surface area contributed by atoms with E-state index in [2.05, 4.69) is 15.5 Å². The van der Waals surface area contributed by atoms with Gasteiger partial charge in [0.15, 0.2) is 0 Å². The molecule has 1 aromatic rings. The first-order valence-electron chi connectivity index (χ1n) is 5.04. The number of amides is 1. The molecule has 82 valence electrons. The van der Waals surface area contributed by atoms with Crippen molar-refractivity contribution in [2.24, 2.45) is 0 Å². The second kappa shape index (κ2) is 5.29. The molecule has 1 heterocycles. The van der Waals surface area contributed by atoms with Crippen LogP contribution in [0.2, 0.25) is 0 Å². The topological polar surface area (TPSA) is 74.8 Å². The molecular weight excluding hydrogens is 194 g/mol. The molecular formula is C10H15N3O2. The van der Waals surface area contributed by atoms with Crippen LogP contribution in [-0.4, -0.2) is 22.1 Å². The van der Waals surface area contributed by atoms with Crippen molar-refractivity contribution < 1.29 is 4.79 Å². The lowest BCUT2D eigenvalue weighted by molar-refractivity contribution is 0.0928. The van der Waals surface area contributed by atoms with Gasteiger partial charge in [0.25, 0.3) is 11.5 Å². The molecule has 0 fully saturated rings. The molecule has 5 nitrogen and oxygen atoms in total. The number of rotatable bonds is 4. The largest absolute Gasteiger partial charge is 0.348 e. The summed E-state index contributed by atoms with van der Waals surface area (Å²) in [5, 5.41) is 8.70. The predicted octanol–water partition coefficient (Wildman–Crippen LogP) is 0.688. The Kier molecular flexibility index (Phi) is 4.03. The Morgan fingerprint density at radius 3 is 2.60 bits per heavy atom. The summed E-state index contributed by atoms with van der Waals surface area (Å²) in [6.07, 6.45) is 1.76. The SMILES string of the molecule is CCC(CC)NC(=O)c1ccc(=O)[nH]n1. The summed E-state index contributed by atoms with van der Waals surface area (Å²) in [5.41, 5.74) is -0.0735. The zero-order valence-electron chi connectivity index (χ0n) is 8.91. The number of aromatic amines is 1. The lowest BCUT2D eigenvalue weighted by Crippen LogP contribution is -2.34. The molecule has 1 rings (SSSR count). The maximum Gasteiger partial charge on any atom is 0.271 e. The first kappa shape index (κ1) is 11.4. The molecule has 0 unspecified atom stereocenters. The molecule has 0 aromatic carbocycles. The number of carbonyl (C=O) groups is 1. The standard InChI is InChI=1S/C10H15N3O2/c1-3-7(4-2)11-10(15)8-5-6-9(14)13-12-8/h5-7H,3-4H2,1-2H3,(H,11,15)(H,13,14). The minimum Gasteiger partial charge on any atom is -0.348 e. The molecule has 0 atom stereocenters. The van der Waals surface area contributed by atoms with Gasteiger partial charge in [-0.1, -0.05) is 13.8 Å². The zero-order valence-corrected chi connectivity index (χ0v) is 8.91. The summed E-state index contributed by atoms with van der Waals surface area (Å²) >= 11 is 0. The third kappa shape index (κ3) is 3.19. The van der Waals surface area contributed by atoms with E-state index in [1.54, 1.807) is 0 Å². The second-order valence-electron chi connectivity index (χ2n) is 3.29. The number of aromatic nitrogens is 2. The van der Waals surface area contributed by atoms with Crippen LogP contribution in [0.25, 0.3) is 0 Å². The smallest absolute Gasteiger partial charge is 0.271 e. The second-order valence-corrected chi connectivity index (χ2v) is 3.29. The fourth-order valence-electron chi connectivity index (χ4n) is 1.22. The van der Waals surface area contributed by atoms with Gasteiger partial charge in [-0.3, -0.25) is 9.59 Å². The van der Waals surface area contributed by atoms with Crippen LogP contribution in [0.4, 0.5) is 0 Å². The summed E-state index contributed by atoms with van der Waals surface area (Å²) in [4.78, 5) is 22.3. The third-order valence-electron chi connectivity index (χ3n) is 2.23. The highest BCUT2D eigenvalue weighted by Crippen LogP contribution is 1.98. The van der Waals surface area contributed by atoms with E-state index in [9.17, 15) is 9.59 Å². The van der Waals surface area contributed by atoms with Crippen molar-refractivity contribution in [3.63, 3.8) is 0 Å². The Bertz CT molecular complexity index is 362. The summed E-state index contributed by atoms with van der Waals surface area (Å²) in [6, 6.07) is 2.86. The van der Waals surface area contributed by atoms with Crippen molar-refractivity contribution in [3.05, 3.63) is 28.2 Å². The molecule has 2 N–H and O–H groups in total. The highest BCUT2D eigenvalue weighted by molar-refractivity contribution is 5.92. The van der Waals surface area contributed by atoms with E-state index in [0.717, 1.165) is 12.8 Å². The van der Waals surface area contributed by atoms with E-state index >= 15 is 0 Å². The Balaban J connectivity index is 2.68. The monoisotopic (exact) mass is 209 g/mol. The quantitative estimate of drug-likeness (QED) is 0.766. The summed E-state index contributed by atoms with van der Waals surface area (Å²) in [6.45, 7) is 4.02. The van der Waals surface area contributed by atoms with E-state index in [1.807, 2.05) is 13.8 Å². The minimum absolute atomic E-state index is 0.159. The summed E-state index contributed by atoms with van der Waals surface area (Å²) < 4.78 is 0. The Morgan fingerprint density at radius 1 is 1.47 bits per heavy atom. The van der Waals surface area contributed by atoms with Gasteiger partial charge in [-0.15, -0.1) is 0 Å². The van der Waals surface area contributed by atoms with Gasteiger partial charge in [0.1, 0.15) is 5.69 Å². The molecule has 0 aliphatic rings. The van der Waals surface area contributed by atoms with Crippen LogP contribution in [0.15, 0.2) is 16.9 Å². The number of nitrogens with one attached hydrogen (secondary N) is 2. The molecule has 1 aromatic heterocycles. The van der Waals surface area contributed by atoms with E-state index in [4.69, 9.17) is 0 Å². The predicted molar refractivity (Wildman–Crippen MR) is 56.7 cm³/mol. The molecule has 0 aliphatic carbocycles. The maximum absolute atomic E-state index is 11.6. The van der Waals surface area contributed by atoms with Crippen molar-refractivity contribution in [1.82, 2.24) is 15.5 Å².